The first-order valence-electron chi connectivity index (χ1n) is 5.16. The van der Waals surface area contributed by atoms with Crippen molar-refractivity contribution in [3.63, 3.8) is 0 Å². The van der Waals surface area contributed by atoms with Crippen LogP contribution >= 0.6 is 23.2 Å². The van der Waals surface area contributed by atoms with Gasteiger partial charge in [0.2, 0.25) is 0 Å². The number of nitrogens with zero attached hydrogens (tertiary/aromatic N) is 1. The highest BCUT2D eigenvalue weighted by Crippen LogP contribution is 2.22. The van der Waals surface area contributed by atoms with E-state index in [1.54, 1.807) is 29.7 Å². The summed E-state index contributed by atoms with van der Waals surface area (Å²) in [5.74, 6) is 0. The summed E-state index contributed by atoms with van der Waals surface area (Å²) in [6.45, 7) is 1.77. The average molecular weight is 282 g/mol. The first-order valence-corrected chi connectivity index (χ1v) is 5.92. The molecule has 0 unspecified atom stereocenters. The first kappa shape index (κ1) is 12.9. The second kappa shape index (κ2) is 4.96. The number of halogens is 2. The molecule has 92 valence electrons. The maximum Gasteiger partial charge on any atom is 0.192 e. The van der Waals surface area contributed by atoms with Gasteiger partial charge in [-0.15, -0.1) is 0 Å². The molecule has 0 bridgehead atoms. The number of hydrogen-bond donors (Lipinski definition) is 0. The molecule has 0 aliphatic heterocycles. The number of carbonyl (C=O) groups excluding carboxylic acids is 1. The van der Waals surface area contributed by atoms with Crippen molar-refractivity contribution in [1.82, 2.24) is 4.57 Å². The number of pyridine rings is 1. The molecule has 0 aliphatic carbocycles. The number of aryl methyl sites for hydroxylation is 1. The highest BCUT2D eigenvalue weighted by Gasteiger charge is 2.06. The van der Waals surface area contributed by atoms with E-state index in [2.05, 4.69) is 0 Å². The number of hydrogen-bond acceptors (Lipinski definition) is 2. The second-order valence-corrected chi connectivity index (χ2v) is 4.72. The summed E-state index contributed by atoms with van der Waals surface area (Å²) < 4.78 is 1.70. The molecule has 0 atom stereocenters. The van der Waals surface area contributed by atoms with Gasteiger partial charge in [0.25, 0.3) is 0 Å². The van der Waals surface area contributed by atoms with Crippen LogP contribution in [0.15, 0.2) is 35.3 Å². The topological polar surface area (TPSA) is 39.1 Å². The molecule has 1 aromatic heterocycles. The summed E-state index contributed by atoms with van der Waals surface area (Å²) in [5.41, 5.74) is 1.20. The quantitative estimate of drug-likeness (QED) is 0.793. The summed E-state index contributed by atoms with van der Waals surface area (Å²) in [6, 6.07) is 6.43. The van der Waals surface area contributed by atoms with Gasteiger partial charge in [0.05, 0.1) is 5.56 Å². The van der Waals surface area contributed by atoms with Gasteiger partial charge in [-0.05, 0) is 25.1 Å². The van der Waals surface area contributed by atoms with Gasteiger partial charge in [-0.1, -0.05) is 23.2 Å². The number of rotatable bonds is 2. The number of benzene rings is 1. The van der Waals surface area contributed by atoms with Crippen molar-refractivity contribution in [3.05, 3.63) is 62.0 Å². The zero-order valence-electron chi connectivity index (χ0n) is 9.48. The van der Waals surface area contributed by atoms with Crippen LogP contribution in [0.3, 0.4) is 0 Å². The van der Waals surface area contributed by atoms with E-state index >= 15 is 0 Å². The van der Waals surface area contributed by atoms with Gasteiger partial charge < -0.3 is 4.57 Å². The monoisotopic (exact) mass is 281 g/mol. The van der Waals surface area contributed by atoms with Gasteiger partial charge in [0.1, 0.15) is 0 Å². The largest absolute Gasteiger partial charge is 0.320 e. The Hall–Kier alpha value is -1.58. The van der Waals surface area contributed by atoms with Crippen LogP contribution in [0, 0.1) is 6.92 Å². The van der Waals surface area contributed by atoms with Gasteiger partial charge in [-0.25, -0.2) is 0 Å². The predicted molar refractivity (Wildman–Crippen MR) is 72.2 cm³/mol. The van der Waals surface area contributed by atoms with E-state index in [1.165, 1.54) is 12.3 Å². The van der Waals surface area contributed by atoms with Gasteiger partial charge >= 0.3 is 0 Å². The summed E-state index contributed by atoms with van der Waals surface area (Å²) >= 11 is 11.9. The standard InChI is InChI=1S/C13H9Cl2NO2/c1-8-2-13(18)9(7-17)6-16(8)12-4-10(14)3-11(15)5-12/h2-7H,1H3. The van der Waals surface area contributed by atoms with Crippen LogP contribution in [-0.4, -0.2) is 10.9 Å². The highest BCUT2D eigenvalue weighted by atomic mass is 35.5. The minimum absolute atomic E-state index is 0.0942. The fraction of sp³-hybridized carbons (Fsp3) is 0.0769. The van der Waals surface area contributed by atoms with Crippen molar-refractivity contribution in [3.8, 4) is 5.69 Å². The number of aldehydes is 1. The minimum Gasteiger partial charge on any atom is -0.320 e. The highest BCUT2D eigenvalue weighted by molar-refractivity contribution is 6.34. The molecule has 0 N–H and O–H groups in total. The zero-order valence-corrected chi connectivity index (χ0v) is 11.0. The Balaban J connectivity index is 2.70. The lowest BCUT2D eigenvalue weighted by molar-refractivity contribution is 0.112. The van der Waals surface area contributed by atoms with Crippen LogP contribution in [0.2, 0.25) is 10.0 Å². The van der Waals surface area contributed by atoms with Gasteiger partial charge in [0, 0.05) is 33.7 Å². The Bertz CT molecular complexity index is 657. The number of carbonyl (C=O) groups is 1. The zero-order chi connectivity index (χ0) is 13.3. The molecule has 0 radical (unpaired) electrons. The van der Waals surface area contributed by atoms with E-state index in [0.29, 0.717) is 27.7 Å². The van der Waals surface area contributed by atoms with Crippen LogP contribution in [-0.2, 0) is 0 Å². The molecule has 2 rings (SSSR count). The lowest BCUT2D eigenvalue weighted by atomic mass is 10.2. The van der Waals surface area contributed by atoms with Gasteiger partial charge in [-0.3, -0.25) is 9.59 Å². The average Bonchev–Trinajstić information content (AvgIpc) is 2.27. The smallest absolute Gasteiger partial charge is 0.192 e. The van der Waals surface area contributed by atoms with Crippen LogP contribution in [0.5, 0.6) is 0 Å². The van der Waals surface area contributed by atoms with E-state index in [9.17, 15) is 9.59 Å². The van der Waals surface area contributed by atoms with Crippen molar-refractivity contribution in [2.45, 2.75) is 6.92 Å². The molecular weight excluding hydrogens is 273 g/mol. The molecule has 1 aromatic carbocycles. The van der Waals surface area contributed by atoms with Crippen molar-refractivity contribution >= 4 is 29.5 Å². The van der Waals surface area contributed by atoms with E-state index in [0.717, 1.165) is 0 Å². The van der Waals surface area contributed by atoms with Crippen molar-refractivity contribution in [2.24, 2.45) is 0 Å². The van der Waals surface area contributed by atoms with Crippen LogP contribution < -0.4 is 5.43 Å². The van der Waals surface area contributed by atoms with E-state index in [-0.39, 0.29) is 11.0 Å². The van der Waals surface area contributed by atoms with Crippen molar-refractivity contribution in [2.75, 3.05) is 0 Å². The third-order valence-corrected chi connectivity index (χ3v) is 2.96. The molecular formula is C13H9Cl2NO2. The Morgan fingerprint density at radius 3 is 2.28 bits per heavy atom. The molecule has 3 nitrogen and oxygen atoms in total. The number of aromatic nitrogens is 1. The van der Waals surface area contributed by atoms with Crippen molar-refractivity contribution in [1.29, 1.82) is 0 Å². The second-order valence-electron chi connectivity index (χ2n) is 3.85. The Morgan fingerprint density at radius 2 is 1.72 bits per heavy atom. The predicted octanol–water partition coefficient (Wildman–Crippen LogP) is 3.27. The Kier molecular flexibility index (Phi) is 3.55. The summed E-state index contributed by atoms with van der Waals surface area (Å²) in [4.78, 5) is 22.3. The molecule has 0 fully saturated rings. The summed E-state index contributed by atoms with van der Waals surface area (Å²) in [5, 5.41) is 0.978. The molecule has 0 saturated heterocycles. The third-order valence-electron chi connectivity index (χ3n) is 2.53. The Morgan fingerprint density at radius 1 is 1.11 bits per heavy atom. The van der Waals surface area contributed by atoms with Gasteiger partial charge in [-0.2, -0.15) is 0 Å². The fourth-order valence-corrected chi connectivity index (χ4v) is 2.21. The fourth-order valence-electron chi connectivity index (χ4n) is 1.69. The molecule has 1 heterocycles. The van der Waals surface area contributed by atoms with Gasteiger partial charge in [0.15, 0.2) is 11.7 Å². The molecule has 0 amide bonds. The molecule has 18 heavy (non-hydrogen) atoms. The van der Waals surface area contributed by atoms with Crippen molar-refractivity contribution < 1.29 is 4.79 Å². The van der Waals surface area contributed by atoms with Crippen LogP contribution in [0.1, 0.15) is 16.1 Å². The maximum atomic E-state index is 11.5. The molecule has 0 aliphatic rings. The van der Waals surface area contributed by atoms with E-state index in [1.807, 2.05) is 0 Å². The lowest BCUT2D eigenvalue weighted by Gasteiger charge is -2.12. The van der Waals surface area contributed by atoms with E-state index < -0.39 is 0 Å². The molecule has 5 heteroatoms. The molecule has 0 saturated carbocycles. The van der Waals surface area contributed by atoms with Crippen LogP contribution in [0.25, 0.3) is 5.69 Å². The lowest BCUT2D eigenvalue weighted by Crippen LogP contribution is -2.13. The summed E-state index contributed by atoms with van der Waals surface area (Å²) in [6.07, 6.45) is 2.01. The first-order chi connectivity index (χ1) is 8.51. The normalized spacial score (nSPS) is 10.4. The molecule has 2 aromatic rings. The summed E-state index contributed by atoms with van der Waals surface area (Å²) in [7, 11) is 0. The Labute approximate surface area is 114 Å². The maximum absolute atomic E-state index is 11.5. The van der Waals surface area contributed by atoms with E-state index in [4.69, 9.17) is 23.2 Å². The van der Waals surface area contributed by atoms with Crippen LogP contribution in [0.4, 0.5) is 0 Å². The minimum atomic E-state index is -0.299. The third kappa shape index (κ3) is 2.47. The SMILES string of the molecule is Cc1cc(=O)c(C=O)cn1-c1cc(Cl)cc(Cl)c1. The molecule has 0 spiro atoms.